The van der Waals surface area contributed by atoms with Gasteiger partial charge in [0.25, 0.3) is 0 Å². The van der Waals surface area contributed by atoms with Crippen molar-refractivity contribution in [3.8, 4) is 6.07 Å². The largest absolute Gasteiger partial charge is 0.362 e. The summed E-state index contributed by atoms with van der Waals surface area (Å²) in [4.78, 5) is 33.2. The number of carbonyl (C=O) groups is 2. The number of nitrogens with one attached hydrogen (secondary N) is 2. The van der Waals surface area contributed by atoms with Crippen LogP contribution in [0.15, 0.2) is 30.9 Å². The maximum atomic E-state index is 14.5. The monoisotopic (exact) mass is 580 g/mol. The van der Waals surface area contributed by atoms with E-state index >= 15 is 0 Å². The SMILES string of the molecule is C=CC(=O)N1CCN(C2NC(OCC3CCCN3C)NC3C(=O)[C@@]4(CCC32)Cc2cccc(F)c2CO4)CC1CC#N. The summed E-state index contributed by atoms with van der Waals surface area (Å²) in [7, 11) is 2.11. The van der Waals surface area contributed by atoms with Crippen LogP contribution < -0.4 is 10.6 Å². The van der Waals surface area contributed by atoms with Gasteiger partial charge in [0.15, 0.2) is 12.1 Å². The predicted molar refractivity (Wildman–Crippen MR) is 152 cm³/mol. The fourth-order valence-corrected chi connectivity index (χ4v) is 7.70. The summed E-state index contributed by atoms with van der Waals surface area (Å²) >= 11 is 0. The van der Waals surface area contributed by atoms with Gasteiger partial charge in [-0.2, -0.15) is 5.26 Å². The predicted octanol–water partition coefficient (Wildman–Crippen LogP) is 1.51. The van der Waals surface area contributed by atoms with E-state index < -0.39 is 18.0 Å². The standard InChI is InChI=1S/C31H41FN6O4/c1-3-26(39)38-15-14-37(17-21(38)10-12-33)29-23-9-11-31(16-20-6-4-8-25(32)24(20)19-42-31)28(40)27(23)34-30(35-29)41-18-22-7-5-13-36(22)2/h3-4,6,8,21-23,27,29-30,34-35H,1,5,7,9-11,13-19H2,2H3/t21?,22?,23?,27?,29?,30?,31-/m1/s1. The number of fused-ring (bicyclic) bond motifs is 2. The van der Waals surface area contributed by atoms with E-state index in [1.54, 1.807) is 11.0 Å². The molecule has 0 radical (unpaired) electrons. The molecule has 1 aromatic rings. The zero-order valence-electron chi connectivity index (χ0n) is 24.3. The average Bonchev–Trinajstić information content (AvgIpc) is 3.42. The Labute approximate surface area is 246 Å². The molecule has 6 rings (SSSR count). The van der Waals surface area contributed by atoms with E-state index in [-0.39, 0.29) is 48.7 Å². The first-order valence-electron chi connectivity index (χ1n) is 15.2. The highest BCUT2D eigenvalue weighted by Gasteiger charge is 2.56. The van der Waals surface area contributed by atoms with Crippen molar-refractivity contribution in [3.05, 3.63) is 47.8 Å². The number of halogens is 1. The van der Waals surface area contributed by atoms with Gasteiger partial charge in [0.2, 0.25) is 5.91 Å². The number of likely N-dealkylation sites (tertiary alicyclic amines) is 1. The minimum absolute atomic E-state index is 0.0132. The molecule has 1 saturated carbocycles. The molecule has 2 N–H and O–H groups in total. The first kappa shape index (κ1) is 29.4. The summed E-state index contributed by atoms with van der Waals surface area (Å²) in [5.41, 5.74) is 0.357. The Hall–Kier alpha value is -2.72. The molecule has 1 aromatic carbocycles. The van der Waals surface area contributed by atoms with Crippen LogP contribution in [0.4, 0.5) is 4.39 Å². The van der Waals surface area contributed by atoms with Gasteiger partial charge >= 0.3 is 0 Å². The Morgan fingerprint density at radius 3 is 2.90 bits per heavy atom. The molecular formula is C31H41FN6O4. The molecule has 1 amide bonds. The van der Waals surface area contributed by atoms with Crippen molar-refractivity contribution >= 4 is 11.7 Å². The second-order valence-electron chi connectivity index (χ2n) is 12.4. The van der Waals surface area contributed by atoms with Crippen LogP contribution in [0.25, 0.3) is 0 Å². The van der Waals surface area contributed by atoms with Gasteiger partial charge in [-0.05, 0) is 57.0 Å². The molecule has 1 aliphatic carbocycles. The van der Waals surface area contributed by atoms with Crippen molar-refractivity contribution in [2.75, 3.05) is 39.8 Å². The lowest BCUT2D eigenvalue weighted by molar-refractivity contribution is -0.174. The summed E-state index contributed by atoms with van der Waals surface area (Å²) in [5.74, 6) is -0.552. The lowest BCUT2D eigenvalue weighted by Gasteiger charge is -2.55. The maximum absolute atomic E-state index is 14.5. The summed E-state index contributed by atoms with van der Waals surface area (Å²) in [5, 5.41) is 16.6. The van der Waals surface area contributed by atoms with Crippen molar-refractivity contribution in [2.24, 2.45) is 5.92 Å². The molecule has 0 aromatic heterocycles. The number of Topliss-reactive ketones (excluding diaryl/α,β-unsaturated/α-hetero) is 1. The average molecular weight is 581 g/mol. The van der Waals surface area contributed by atoms with Crippen LogP contribution in [0.5, 0.6) is 0 Å². The number of amides is 1. The summed E-state index contributed by atoms with van der Waals surface area (Å²) in [6, 6.07) is 6.79. The van der Waals surface area contributed by atoms with Gasteiger partial charge < -0.3 is 19.3 Å². The normalized spacial score (nSPS) is 35.5. The Balaban J connectivity index is 1.24. The number of nitrogens with zero attached hydrogens (tertiary/aromatic N) is 4. The number of nitriles is 1. The number of carbonyl (C=O) groups excluding carboxylic acids is 2. The number of piperazine rings is 1. The van der Waals surface area contributed by atoms with Crippen LogP contribution >= 0.6 is 0 Å². The van der Waals surface area contributed by atoms with E-state index in [0.717, 1.165) is 31.4 Å². The van der Waals surface area contributed by atoms with E-state index in [9.17, 15) is 19.2 Å². The molecule has 6 unspecified atom stereocenters. The van der Waals surface area contributed by atoms with Crippen molar-refractivity contribution in [3.63, 3.8) is 0 Å². The van der Waals surface area contributed by atoms with Crippen LogP contribution in [-0.4, -0.2) is 102 Å². The van der Waals surface area contributed by atoms with E-state index in [1.807, 2.05) is 6.07 Å². The van der Waals surface area contributed by atoms with Gasteiger partial charge in [0.05, 0.1) is 44.0 Å². The van der Waals surface area contributed by atoms with E-state index in [1.165, 1.54) is 12.1 Å². The van der Waals surface area contributed by atoms with Crippen LogP contribution in [0.3, 0.4) is 0 Å². The van der Waals surface area contributed by atoms with Crippen LogP contribution in [0, 0.1) is 23.1 Å². The molecule has 7 atom stereocenters. The molecule has 42 heavy (non-hydrogen) atoms. The first-order chi connectivity index (χ1) is 20.3. The summed E-state index contributed by atoms with van der Waals surface area (Å²) < 4.78 is 27.1. The summed E-state index contributed by atoms with van der Waals surface area (Å²) in [6.07, 6.45) is 4.59. The minimum atomic E-state index is -1.01. The molecule has 4 aliphatic heterocycles. The minimum Gasteiger partial charge on any atom is -0.362 e. The zero-order chi connectivity index (χ0) is 29.4. The number of hydrogen-bond donors (Lipinski definition) is 2. The highest BCUT2D eigenvalue weighted by molar-refractivity contribution is 5.94. The van der Waals surface area contributed by atoms with E-state index in [4.69, 9.17) is 9.47 Å². The lowest BCUT2D eigenvalue weighted by atomic mass is 9.68. The quantitative estimate of drug-likeness (QED) is 0.484. The number of ether oxygens (including phenoxy) is 2. The molecule has 226 valence electrons. The molecule has 0 bridgehead atoms. The van der Waals surface area contributed by atoms with Crippen molar-refractivity contribution in [1.29, 1.82) is 5.26 Å². The third-order valence-electron chi connectivity index (χ3n) is 10.1. The van der Waals surface area contributed by atoms with Crippen molar-refractivity contribution in [1.82, 2.24) is 25.3 Å². The third kappa shape index (κ3) is 5.41. The molecule has 3 saturated heterocycles. The van der Waals surface area contributed by atoms with Crippen molar-refractivity contribution in [2.45, 2.75) is 81.4 Å². The summed E-state index contributed by atoms with van der Waals surface area (Å²) in [6.45, 7) is 6.87. The maximum Gasteiger partial charge on any atom is 0.246 e. The Morgan fingerprint density at radius 1 is 1.29 bits per heavy atom. The van der Waals surface area contributed by atoms with Crippen LogP contribution in [-0.2, 0) is 32.1 Å². The second-order valence-corrected chi connectivity index (χ2v) is 12.4. The highest BCUT2D eigenvalue weighted by Crippen LogP contribution is 2.42. The van der Waals surface area contributed by atoms with Crippen molar-refractivity contribution < 1.29 is 23.5 Å². The number of rotatable bonds is 6. The topological polar surface area (TPSA) is 110 Å². The second kappa shape index (κ2) is 12.1. The smallest absolute Gasteiger partial charge is 0.246 e. The highest BCUT2D eigenvalue weighted by atomic mass is 19.1. The third-order valence-corrected chi connectivity index (χ3v) is 10.1. The zero-order valence-corrected chi connectivity index (χ0v) is 24.3. The first-order valence-corrected chi connectivity index (χ1v) is 15.2. The number of benzene rings is 1. The Bertz CT molecular complexity index is 1260. The van der Waals surface area contributed by atoms with Gasteiger partial charge in [-0.25, -0.2) is 4.39 Å². The number of likely N-dealkylation sites (N-methyl/N-ethyl adjacent to an activating group) is 1. The van der Waals surface area contributed by atoms with Gasteiger partial charge in [-0.1, -0.05) is 18.7 Å². The number of hydrogen-bond acceptors (Lipinski definition) is 9. The molecular weight excluding hydrogens is 539 g/mol. The van der Waals surface area contributed by atoms with Gasteiger partial charge in [-0.3, -0.25) is 25.1 Å². The fourth-order valence-electron chi connectivity index (χ4n) is 7.70. The number of ketones is 1. The lowest BCUT2D eigenvalue weighted by Crippen LogP contribution is -2.75. The van der Waals surface area contributed by atoms with Gasteiger partial charge in [0, 0.05) is 43.6 Å². The molecule has 11 heteroatoms. The fraction of sp³-hybridized carbons (Fsp3) is 0.645. The molecule has 10 nitrogen and oxygen atoms in total. The van der Waals surface area contributed by atoms with E-state index in [0.29, 0.717) is 50.7 Å². The van der Waals surface area contributed by atoms with Crippen LogP contribution in [0.1, 0.15) is 43.2 Å². The van der Waals surface area contributed by atoms with E-state index in [2.05, 4.69) is 40.1 Å². The Kier molecular flexibility index (Phi) is 8.46. The van der Waals surface area contributed by atoms with Gasteiger partial charge in [0.1, 0.15) is 11.4 Å². The molecule has 5 aliphatic rings. The molecule has 1 spiro atoms. The van der Waals surface area contributed by atoms with Crippen LogP contribution in [0.2, 0.25) is 0 Å². The van der Waals surface area contributed by atoms with Gasteiger partial charge in [-0.15, -0.1) is 0 Å². The molecule has 4 fully saturated rings. The Morgan fingerprint density at radius 2 is 2.14 bits per heavy atom. The molecule has 4 heterocycles.